The fraction of sp³-hybridized carbons (Fsp3) is 0.375. The molecule has 0 saturated heterocycles. The lowest BCUT2D eigenvalue weighted by Gasteiger charge is -2.14. The van der Waals surface area contributed by atoms with Crippen LogP contribution < -0.4 is 15.4 Å². The molecule has 0 saturated carbocycles. The third kappa shape index (κ3) is 4.21. The van der Waals surface area contributed by atoms with E-state index in [1.807, 2.05) is 13.0 Å². The highest BCUT2D eigenvalue weighted by Crippen LogP contribution is 2.25. The van der Waals surface area contributed by atoms with E-state index in [0.717, 1.165) is 5.56 Å². The minimum absolute atomic E-state index is 0.0149. The second-order valence-electron chi connectivity index (χ2n) is 5.13. The molecule has 2 N–H and O–H groups in total. The highest BCUT2D eigenvalue weighted by Gasteiger charge is 2.13. The molecule has 2 aromatic rings. The number of carbonyl (C=O) groups excluding carboxylic acids is 1. The molecule has 2 rings (SSSR count). The molecule has 0 aromatic carbocycles. The van der Waals surface area contributed by atoms with Crippen LogP contribution >= 0.6 is 11.3 Å². The Morgan fingerprint density at radius 2 is 2.18 bits per heavy atom. The molecule has 0 spiro atoms. The lowest BCUT2D eigenvalue weighted by Crippen LogP contribution is -2.36. The van der Waals surface area contributed by atoms with Crippen LogP contribution in [0.1, 0.15) is 33.8 Å². The van der Waals surface area contributed by atoms with Crippen LogP contribution in [0.4, 0.5) is 4.79 Å². The Bertz CT molecular complexity index is 637. The number of thiophene rings is 1. The van der Waals surface area contributed by atoms with Gasteiger partial charge < -0.3 is 15.4 Å². The number of nitrogens with zero attached hydrogens (tertiary/aromatic N) is 1. The number of aryl methyl sites for hydroxylation is 2. The average molecular weight is 319 g/mol. The quantitative estimate of drug-likeness (QED) is 0.888. The Balaban J connectivity index is 1.85. The van der Waals surface area contributed by atoms with Gasteiger partial charge in [-0.05, 0) is 38.0 Å². The molecule has 2 heterocycles. The van der Waals surface area contributed by atoms with Crippen LogP contribution in [-0.2, 0) is 6.54 Å². The molecule has 0 aliphatic carbocycles. The van der Waals surface area contributed by atoms with Crippen molar-refractivity contribution in [3.63, 3.8) is 0 Å². The van der Waals surface area contributed by atoms with Crippen molar-refractivity contribution in [3.8, 4) is 5.88 Å². The fourth-order valence-corrected chi connectivity index (χ4v) is 3.25. The molecule has 118 valence electrons. The molecular weight excluding hydrogens is 298 g/mol. The van der Waals surface area contributed by atoms with Crippen molar-refractivity contribution >= 4 is 17.4 Å². The standard InChI is InChI=1S/C16H21N3O2S/c1-10-7-14(12(3)22-10)11(2)19-16(20)18-9-13-5-6-15(21-4)17-8-13/h5-8,11H,9H2,1-4H3,(H2,18,19,20). The first-order valence-electron chi connectivity index (χ1n) is 7.10. The summed E-state index contributed by atoms with van der Waals surface area (Å²) >= 11 is 1.75. The number of hydrogen-bond donors (Lipinski definition) is 2. The van der Waals surface area contributed by atoms with Crippen LogP contribution in [0, 0.1) is 13.8 Å². The van der Waals surface area contributed by atoms with E-state index < -0.39 is 0 Å². The van der Waals surface area contributed by atoms with Crippen LogP contribution in [0.5, 0.6) is 5.88 Å². The number of hydrogen-bond acceptors (Lipinski definition) is 4. The normalized spacial score (nSPS) is 11.8. The second kappa shape index (κ2) is 7.26. The number of rotatable bonds is 5. The molecule has 2 aromatic heterocycles. The van der Waals surface area contributed by atoms with Gasteiger partial charge in [-0.2, -0.15) is 0 Å². The van der Waals surface area contributed by atoms with E-state index in [1.165, 1.54) is 15.3 Å². The van der Waals surface area contributed by atoms with E-state index in [1.54, 1.807) is 30.7 Å². The molecule has 6 heteroatoms. The molecule has 1 atom stereocenters. The third-order valence-corrected chi connectivity index (χ3v) is 4.34. The number of aromatic nitrogens is 1. The first-order valence-corrected chi connectivity index (χ1v) is 7.91. The maximum absolute atomic E-state index is 12.0. The second-order valence-corrected chi connectivity index (χ2v) is 6.59. The van der Waals surface area contributed by atoms with E-state index in [0.29, 0.717) is 12.4 Å². The van der Waals surface area contributed by atoms with Gasteiger partial charge in [0, 0.05) is 28.6 Å². The number of methoxy groups -OCH3 is 1. The van der Waals surface area contributed by atoms with Gasteiger partial charge in [0.05, 0.1) is 13.2 Å². The lowest BCUT2D eigenvalue weighted by molar-refractivity contribution is 0.237. The molecule has 22 heavy (non-hydrogen) atoms. The monoisotopic (exact) mass is 319 g/mol. The van der Waals surface area contributed by atoms with E-state index in [-0.39, 0.29) is 12.1 Å². The van der Waals surface area contributed by atoms with Gasteiger partial charge in [-0.15, -0.1) is 11.3 Å². The number of nitrogens with one attached hydrogen (secondary N) is 2. The minimum atomic E-state index is -0.188. The number of carbonyl (C=O) groups is 1. The van der Waals surface area contributed by atoms with E-state index in [4.69, 9.17) is 4.74 Å². The third-order valence-electron chi connectivity index (χ3n) is 3.35. The van der Waals surface area contributed by atoms with Crippen LogP contribution in [0.3, 0.4) is 0 Å². The Morgan fingerprint density at radius 3 is 2.73 bits per heavy atom. The molecule has 0 aliphatic heterocycles. The maximum Gasteiger partial charge on any atom is 0.315 e. The highest BCUT2D eigenvalue weighted by atomic mass is 32.1. The fourth-order valence-electron chi connectivity index (χ4n) is 2.22. The van der Waals surface area contributed by atoms with E-state index >= 15 is 0 Å². The lowest BCUT2D eigenvalue weighted by atomic mass is 10.1. The zero-order chi connectivity index (χ0) is 16.1. The van der Waals surface area contributed by atoms with Crippen molar-refractivity contribution in [2.24, 2.45) is 0 Å². The average Bonchev–Trinajstić information content (AvgIpc) is 2.84. The van der Waals surface area contributed by atoms with E-state index in [2.05, 4.69) is 35.5 Å². The van der Waals surface area contributed by atoms with Gasteiger partial charge >= 0.3 is 6.03 Å². The minimum Gasteiger partial charge on any atom is -0.481 e. The van der Waals surface area contributed by atoms with Crippen LogP contribution in [-0.4, -0.2) is 18.1 Å². The van der Waals surface area contributed by atoms with Gasteiger partial charge in [0.25, 0.3) is 0 Å². The van der Waals surface area contributed by atoms with Crippen molar-refractivity contribution < 1.29 is 9.53 Å². The van der Waals surface area contributed by atoms with E-state index in [9.17, 15) is 4.79 Å². The SMILES string of the molecule is COc1ccc(CNC(=O)NC(C)c2cc(C)sc2C)cn1. The molecule has 1 unspecified atom stereocenters. The van der Waals surface area contributed by atoms with Gasteiger partial charge in [0.2, 0.25) is 5.88 Å². The predicted octanol–water partition coefficient (Wildman–Crippen LogP) is 3.33. The summed E-state index contributed by atoms with van der Waals surface area (Å²) < 4.78 is 5.00. The summed E-state index contributed by atoms with van der Waals surface area (Å²) in [6.07, 6.45) is 1.69. The Morgan fingerprint density at radius 1 is 1.41 bits per heavy atom. The van der Waals surface area contributed by atoms with Gasteiger partial charge in [-0.25, -0.2) is 9.78 Å². The zero-order valence-corrected chi connectivity index (χ0v) is 14.1. The molecule has 0 radical (unpaired) electrons. The van der Waals surface area contributed by atoms with Gasteiger partial charge in [0.15, 0.2) is 0 Å². The van der Waals surface area contributed by atoms with Crippen LogP contribution in [0.2, 0.25) is 0 Å². The molecule has 5 nitrogen and oxygen atoms in total. The Kier molecular flexibility index (Phi) is 5.38. The Labute approximate surface area is 134 Å². The van der Waals surface area contributed by atoms with Crippen molar-refractivity contribution in [1.82, 2.24) is 15.6 Å². The van der Waals surface area contributed by atoms with Crippen LogP contribution in [0.15, 0.2) is 24.4 Å². The summed E-state index contributed by atoms with van der Waals surface area (Å²) in [6, 6.07) is 5.57. The van der Waals surface area contributed by atoms with Crippen molar-refractivity contribution in [2.45, 2.75) is 33.4 Å². The first-order chi connectivity index (χ1) is 10.5. The predicted molar refractivity (Wildman–Crippen MR) is 88.4 cm³/mol. The maximum atomic E-state index is 12.0. The van der Waals surface area contributed by atoms with Crippen molar-refractivity contribution in [3.05, 3.63) is 45.3 Å². The topological polar surface area (TPSA) is 63.2 Å². The summed E-state index contributed by atoms with van der Waals surface area (Å²) in [7, 11) is 1.57. The summed E-state index contributed by atoms with van der Waals surface area (Å²) in [6.45, 7) is 6.57. The number of amides is 2. The number of ether oxygens (including phenoxy) is 1. The molecular formula is C16H21N3O2S. The zero-order valence-electron chi connectivity index (χ0n) is 13.3. The summed E-state index contributed by atoms with van der Waals surface area (Å²) in [5.74, 6) is 0.560. The van der Waals surface area contributed by atoms with Gasteiger partial charge in [0.1, 0.15) is 0 Å². The number of pyridine rings is 1. The number of urea groups is 1. The molecule has 0 aliphatic rings. The smallest absolute Gasteiger partial charge is 0.315 e. The highest BCUT2D eigenvalue weighted by molar-refractivity contribution is 7.12. The molecule has 0 bridgehead atoms. The summed E-state index contributed by atoms with van der Waals surface area (Å²) in [5.41, 5.74) is 2.09. The van der Waals surface area contributed by atoms with Gasteiger partial charge in [-0.1, -0.05) is 6.07 Å². The Hall–Kier alpha value is -2.08. The van der Waals surface area contributed by atoms with Crippen molar-refractivity contribution in [1.29, 1.82) is 0 Å². The summed E-state index contributed by atoms with van der Waals surface area (Å²) in [5, 5.41) is 5.79. The van der Waals surface area contributed by atoms with Gasteiger partial charge in [-0.3, -0.25) is 0 Å². The van der Waals surface area contributed by atoms with Crippen LogP contribution in [0.25, 0.3) is 0 Å². The summed E-state index contributed by atoms with van der Waals surface area (Å²) in [4.78, 5) is 18.6. The van der Waals surface area contributed by atoms with Crippen molar-refractivity contribution in [2.75, 3.05) is 7.11 Å². The molecule has 0 fully saturated rings. The molecule has 2 amide bonds. The first kappa shape index (κ1) is 16.3. The largest absolute Gasteiger partial charge is 0.481 e.